The van der Waals surface area contributed by atoms with Crippen molar-refractivity contribution in [3.63, 3.8) is 0 Å². The molecule has 0 bridgehead atoms. The van der Waals surface area contributed by atoms with Crippen molar-refractivity contribution in [2.75, 3.05) is 18.4 Å². The topological polar surface area (TPSA) is 128 Å². The van der Waals surface area contributed by atoms with Crippen LogP contribution < -0.4 is 10.0 Å². The Bertz CT molecular complexity index is 829. The number of hydrogen-bond donors (Lipinski definition) is 2. The first-order chi connectivity index (χ1) is 11.1. The van der Waals surface area contributed by atoms with E-state index in [0.29, 0.717) is 18.2 Å². The lowest BCUT2D eigenvalue weighted by atomic mass is 10.5. The van der Waals surface area contributed by atoms with E-state index < -0.39 is 10.0 Å². The van der Waals surface area contributed by atoms with E-state index in [9.17, 15) is 8.42 Å². The lowest BCUT2D eigenvalue weighted by molar-refractivity contribution is 0.417. The van der Waals surface area contributed by atoms with E-state index in [1.807, 2.05) is 0 Å². The van der Waals surface area contributed by atoms with Crippen LogP contribution in [-0.2, 0) is 10.0 Å². The van der Waals surface area contributed by atoms with Gasteiger partial charge in [0, 0.05) is 25.5 Å². The maximum atomic E-state index is 11.8. The summed E-state index contributed by atoms with van der Waals surface area (Å²) in [5, 5.41) is 18.4. The third-order valence-electron chi connectivity index (χ3n) is 2.83. The third kappa shape index (κ3) is 3.70. The standard InChI is InChI=1S/C12H13N7O3S/c20-23(21,10-8-15-22-9-10)16-6-5-13-11-2-3-12(18-17-11)19-7-1-4-14-19/h1-4,7-9,16H,5-6H2,(H,13,17). The van der Waals surface area contributed by atoms with Crippen molar-refractivity contribution in [1.82, 2.24) is 29.9 Å². The molecule has 10 nitrogen and oxygen atoms in total. The molecule has 0 aliphatic carbocycles. The van der Waals surface area contributed by atoms with Crippen LogP contribution in [0.4, 0.5) is 5.82 Å². The Balaban J connectivity index is 1.49. The zero-order chi connectivity index (χ0) is 16.1. The van der Waals surface area contributed by atoms with Crippen LogP contribution in [0.2, 0.25) is 0 Å². The van der Waals surface area contributed by atoms with E-state index in [0.717, 1.165) is 12.5 Å². The number of hydrogen-bond acceptors (Lipinski definition) is 8. The smallest absolute Gasteiger partial charge is 0.245 e. The van der Waals surface area contributed by atoms with Crippen LogP contribution in [0.1, 0.15) is 0 Å². The monoisotopic (exact) mass is 335 g/mol. The molecule has 0 fully saturated rings. The Morgan fingerprint density at radius 1 is 1.22 bits per heavy atom. The van der Waals surface area contributed by atoms with Gasteiger partial charge in [-0.25, -0.2) is 17.8 Å². The van der Waals surface area contributed by atoms with Gasteiger partial charge in [-0.1, -0.05) is 5.16 Å². The fourth-order valence-electron chi connectivity index (χ4n) is 1.73. The molecule has 0 saturated heterocycles. The minimum Gasteiger partial charge on any atom is -0.367 e. The lowest BCUT2D eigenvalue weighted by Gasteiger charge is -2.07. The molecule has 0 amide bonds. The highest BCUT2D eigenvalue weighted by Crippen LogP contribution is 2.06. The van der Waals surface area contributed by atoms with Gasteiger partial charge in [0.15, 0.2) is 5.82 Å². The molecule has 2 N–H and O–H groups in total. The SMILES string of the molecule is O=S(=O)(NCCNc1ccc(-n2cccn2)nn1)c1cnoc1. The van der Waals surface area contributed by atoms with E-state index in [4.69, 9.17) is 0 Å². The summed E-state index contributed by atoms with van der Waals surface area (Å²) >= 11 is 0. The summed E-state index contributed by atoms with van der Waals surface area (Å²) in [5.74, 6) is 1.12. The van der Waals surface area contributed by atoms with Crippen molar-refractivity contribution in [2.24, 2.45) is 0 Å². The summed E-state index contributed by atoms with van der Waals surface area (Å²) in [6.45, 7) is 0.524. The summed E-state index contributed by atoms with van der Waals surface area (Å²) in [7, 11) is -3.60. The van der Waals surface area contributed by atoms with Crippen LogP contribution in [0.3, 0.4) is 0 Å². The summed E-state index contributed by atoms with van der Waals surface area (Å²) in [5.41, 5.74) is 0. The van der Waals surface area contributed by atoms with Gasteiger partial charge in [0.05, 0.1) is 6.20 Å². The van der Waals surface area contributed by atoms with Gasteiger partial charge in [-0.3, -0.25) is 0 Å². The van der Waals surface area contributed by atoms with E-state index in [1.54, 1.807) is 35.3 Å². The van der Waals surface area contributed by atoms with Gasteiger partial charge < -0.3 is 9.84 Å². The molecular formula is C12H13N7O3S. The second-order valence-electron chi connectivity index (χ2n) is 4.41. The van der Waals surface area contributed by atoms with Gasteiger partial charge >= 0.3 is 0 Å². The van der Waals surface area contributed by atoms with Crippen LogP contribution in [0, 0.1) is 0 Å². The molecule has 0 saturated carbocycles. The van der Waals surface area contributed by atoms with Gasteiger partial charge in [0.2, 0.25) is 10.0 Å². The summed E-state index contributed by atoms with van der Waals surface area (Å²) in [6, 6.07) is 5.28. The predicted molar refractivity (Wildman–Crippen MR) is 79.3 cm³/mol. The zero-order valence-corrected chi connectivity index (χ0v) is 12.6. The number of anilines is 1. The van der Waals surface area contributed by atoms with E-state index in [2.05, 4.69) is 35.0 Å². The highest BCUT2D eigenvalue weighted by atomic mass is 32.2. The molecule has 3 aromatic rings. The zero-order valence-electron chi connectivity index (χ0n) is 11.8. The molecule has 0 aromatic carbocycles. The molecule has 0 spiro atoms. The first-order valence-electron chi connectivity index (χ1n) is 6.62. The average Bonchev–Trinajstić information content (AvgIpc) is 3.25. The highest BCUT2D eigenvalue weighted by molar-refractivity contribution is 7.89. The summed E-state index contributed by atoms with van der Waals surface area (Å²) < 4.78 is 32.1. The van der Waals surface area contributed by atoms with Crippen LogP contribution >= 0.6 is 0 Å². The van der Waals surface area contributed by atoms with Gasteiger partial charge in [-0.2, -0.15) is 5.10 Å². The molecule has 0 aliphatic rings. The van der Waals surface area contributed by atoms with Crippen molar-refractivity contribution < 1.29 is 12.9 Å². The summed E-state index contributed by atoms with van der Waals surface area (Å²) in [6.07, 6.45) is 5.61. The van der Waals surface area contributed by atoms with Crippen molar-refractivity contribution in [3.05, 3.63) is 43.1 Å². The van der Waals surface area contributed by atoms with Crippen LogP contribution in [0.25, 0.3) is 5.82 Å². The van der Waals surface area contributed by atoms with Gasteiger partial charge in [-0.05, 0) is 18.2 Å². The normalized spacial score (nSPS) is 11.5. The van der Waals surface area contributed by atoms with Crippen molar-refractivity contribution in [1.29, 1.82) is 0 Å². The van der Waals surface area contributed by atoms with E-state index in [-0.39, 0.29) is 11.4 Å². The molecule has 3 aromatic heterocycles. The number of nitrogens with zero attached hydrogens (tertiary/aromatic N) is 5. The predicted octanol–water partition coefficient (Wildman–Crippen LogP) is 0.0407. The Kier molecular flexibility index (Phi) is 4.30. The molecule has 3 rings (SSSR count). The molecule has 0 radical (unpaired) electrons. The van der Waals surface area contributed by atoms with Crippen LogP contribution in [0.15, 0.2) is 52.5 Å². The first-order valence-corrected chi connectivity index (χ1v) is 8.10. The van der Waals surface area contributed by atoms with Crippen LogP contribution in [0.5, 0.6) is 0 Å². The van der Waals surface area contributed by atoms with E-state index in [1.165, 1.54) is 0 Å². The molecule has 0 atom stereocenters. The fourth-order valence-corrected chi connectivity index (χ4v) is 2.62. The largest absolute Gasteiger partial charge is 0.367 e. The molecular weight excluding hydrogens is 322 g/mol. The average molecular weight is 335 g/mol. The van der Waals surface area contributed by atoms with Gasteiger partial charge in [-0.15, -0.1) is 10.2 Å². The van der Waals surface area contributed by atoms with Crippen molar-refractivity contribution >= 4 is 15.8 Å². The Hall–Kier alpha value is -2.79. The minimum absolute atomic E-state index is 0.0131. The molecule has 0 unspecified atom stereocenters. The number of nitrogens with one attached hydrogen (secondary N) is 2. The maximum absolute atomic E-state index is 11.8. The maximum Gasteiger partial charge on any atom is 0.245 e. The van der Waals surface area contributed by atoms with Gasteiger partial charge in [0.25, 0.3) is 0 Å². The molecule has 23 heavy (non-hydrogen) atoms. The quantitative estimate of drug-likeness (QED) is 0.579. The molecule has 0 aliphatic heterocycles. The minimum atomic E-state index is -3.60. The number of aromatic nitrogens is 5. The first kappa shape index (κ1) is 15.1. The molecule has 120 valence electrons. The second kappa shape index (κ2) is 6.54. The number of rotatable bonds is 7. The van der Waals surface area contributed by atoms with E-state index >= 15 is 0 Å². The van der Waals surface area contributed by atoms with Crippen molar-refractivity contribution in [3.8, 4) is 5.82 Å². The second-order valence-corrected chi connectivity index (χ2v) is 6.18. The highest BCUT2D eigenvalue weighted by Gasteiger charge is 2.15. The van der Waals surface area contributed by atoms with Gasteiger partial charge in [0.1, 0.15) is 17.0 Å². The molecule has 11 heteroatoms. The van der Waals surface area contributed by atoms with Crippen molar-refractivity contribution in [2.45, 2.75) is 4.90 Å². The fraction of sp³-hybridized carbons (Fsp3) is 0.167. The lowest BCUT2D eigenvalue weighted by Crippen LogP contribution is -2.28. The third-order valence-corrected chi connectivity index (χ3v) is 4.24. The molecule has 3 heterocycles. The Labute approximate surface area is 131 Å². The van der Waals surface area contributed by atoms with Crippen LogP contribution in [-0.4, -0.2) is 46.6 Å². The summed E-state index contributed by atoms with van der Waals surface area (Å²) in [4.78, 5) is -0.0131. The Morgan fingerprint density at radius 3 is 2.78 bits per heavy atom. The Morgan fingerprint density at radius 2 is 2.13 bits per heavy atom. The number of sulfonamides is 1.